The summed E-state index contributed by atoms with van der Waals surface area (Å²) in [6.45, 7) is 1.39. The molecule has 1 atom stereocenters. The Morgan fingerprint density at radius 2 is 2.06 bits per heavy atom. The van der Waals surface area contributed by atoms with E-state index in [2.05, 4.69) is 0 Å². The quantitative estimate of drug-likeness (QED) is 0.827. The largest absolute Gasteiger partial charge is 0.496 e. The maximum absolute atomic E-state index is 11.7. The minimum Gasteiger partial charge on any atom is -0.496 e. The molecule has 0 bridgehead atoms. The highest BCUT2D eigenvalue weighted by molar-refractivity contribution is 6.31. The van der Waals surface area contributed by atoms with Crippen LogP contribution in [0.1, 0.15) is 17.3 Å². The number of amides is 1. The number of halogens is 1. The van der Waals surface area contributed by atoms with Crippen molar-refractivity contribution in [2.45, 2.75) is 13.0 Å². The summed E-state index contributed by atoms with van der Waals surface area (Å²) in [5, 5.41) is 0.365. The number of rotatable bonds is 4. The number of primary amides is 1. The van der Waals surface area contributed by atoms with E-state index in [1.54, 1.807) is 6.07 Å². The summed E-state index contributed by atoms with van der Waals surface area (Å²) in [4.78, 5) is 22.5. The highest BCUT2D eigenvalue weighted by Gasteiger charge is 2.19. The van der Waals surface area contributed by atoms with Gasteiger partial charge in [-0.3, -0.25) is 4.79 Å². The van der Waals surface area contributed by atoms with Gasteiger partial charge in [-0.25, -0.2) is 4.79 Å². The van der Waals surface area contributed by atoms with E-state index in [1.807, 2.05) is 0 Å². The van der Waals surface area contributed by atoms with E-state index < -0.39 is 18.0 Å². The summed E-state index contributed by atoms with van der Waals surface area (Å²) in [7, 11) is 1.41. The normalized spacial score (nSPS) is 11.7. The second-order valence-corrected chi connectivity index (χ2v) is 3.73. The van der Waals surface area contributed by atoms with Gasteiger partial charge in [0.25, 0.3) is 5.91 Å². The van der Waals surface area contributed by atoms with Crippen molar-refractivity contribution in [3.63, 3.8) is 0 Å². The van der Waals surface area contributed by atoms with Gasteiger partial charge in [-0.1, -0.05) is 11.6 Å². The minimum absolute atomic E-state index is 0.146. The van der Waals surface area contributed by atoms with E-state index in [4.69, 9.17) is 26.8 Å². The molecule has 0 aliphatic heterocycles. The predicted molar refractivity (Wildman–Crippen MR) is 62.1 cm³/mol. The van der Waals surface area contributed by atoms with Gasteiger partial charge in [-0.2, -0.15) is 0 Å². The molecule has 6 heteroatoms. The van der Waals surface area contributed by atoms with Crippen LogP contribution in [0.25, 0.3) is 0 Å². The standard InChI is InChI=1S/C11H12ClNO4/c1-6(10(13)14)17-11(15)8-5-7(12)3-4-9(8)16-2/h3-6H,1-2H3,(H2,13,14)/t6-/m0/s1. The van der Waals surface area contributed by atoms with Crippen LogP contribution in [0.2, 0.25) is 5.02 Å². The van der Waals surface area contributed by atoms with Crippen LogP contribution in [0.5, 0.6) is 5.75 Å². The Kier molecular flexibility index (Phi) is 4.34. The number of carbonyl (C=O) groups is 2. The molecule has 5 nitrogen and oxygen atoms in total. The first kappa shape index (κ1) is 13.3. The molecule has 0 unspecified atom stereocenters. The summed E-state index contributed by atoms with van der Waals surface area (Å²) in [5.74, 6) is -1.12. The zero-order valence-electron chi connectivity index (χ0n) is 9.40. The average molecular weight is 258 g/mol. The Bertz CT molecular complexity index is 447. The van der Waals surface area contributed by atoms with Crippen LogP contribution in [0.15, 0.2) is 18.2 Å². The Morgan fingerprint density at radius 3 is 2.59 bits per heavy atom. The molecule has 1 amide bonds. The highest BCUT2D eigenvalue weighted by Crippen LogP contribution is 2.23. The van der Waals surface area contributed by atoms with Crippen molar-refractivity contribution >= 4 is 23.5 Å². The first-order valence-electron chi connectivity index (χ1n) is 4.79. The van der Waals surface area contributed by atoms with Gasteiger partial charge in [-0.05, 0) is 25.1 Å². The lowest BCUT2D eigenvalue weighted by atomic mass is 10.2. The van der Waals surface area contributed by atoms with Crippen molar-refractivity contribution in [1.82, 2.24) is 0 Å². The number of benzene rings is 1. The summed E-state index contributed by atoms with van der Waals surface area (Å²) >= 11 is 5.76. The first-order chi connectivity index (χ1) is 7.95. The number of hydrogen-bond donors (Lipinski definition) is 1. The highest BCUT2D eigenvalue weighted by atomic mass is 35.5. The second-order valence-electron chi connectivity index (χ2n) is 3.29. The van der Waals surface area contributed by atoms with Crippen LogP contribution >= 0.6 is 11.6 Å². The molecule has 92 valence electrons. The van der Waals surface area contributed by atoms with E-state index in [0.717, 1.165) is 0 Å². The molecule has 0 aromatic heterocycles. The minimum atomic E-state index is -1.01. The maximum Gasteiger partial charge on any atom is 0.342 e. The molecule has 1 rings (SSSR count). The zero-order chi connectivity index (χ0) is 13.0. The topological polar surface area (TPSA) is 78.6 Å². The molecule has 0 radical (unpaired) electrons. The van der Waals surface area contributed by atoms with Gasteiger partial charge in [0.2, 0.25) is 0 Å². The third-order valence-corrected chi connectivity index (χ3v) is 2.30. The molecule has 0 fully saturated rings. The second kappa shape index (κ2) is 5.54. The number of ether oxygens (including phenoxy) is 2. The molecule has 1 aromatic carbocycles. The van der Waals surface area contributed by atoms with Crippen molar-refractivity contribution in [3.05, 3.63) is 28.8 Å². The number of hydrogen-bond acceptors (Lipinski definition) is 4. The number of methoxy groups -OCH3 is 1. The van der Waals surface area contributed by atoms with Gasteiger partial charge in [-0.15, -0.1) is 0 Å². The van der Waals surface area contributed by atoms with Crippen molar-refractivity contribution in [2.24, 2.45) is 5.73 Å². The molecule has 0 saturated heterocycles. The third kappa shape index (κ3) is 3.35. The fraction of sp³-hybridized carbons (Fsp3) is 0.273. The summed E-state index contributed by atoms with van der Waals surface area (Å²) in [6.07, 6.45) is -1.01. The van der Waals surface area contributed by atoms with Gasteiger partial charge in [0.15, 0.2) is 6.10 Å². The van der Waals surface area contributed by atoms with Gasteiger partial charge in [0.1, 0.15) is 11.3 Å². The maximum atomic E-state index is 11.7. The van der Waals surface area contributed by atoms with Gasteiger partial charge >= 0.3 is 5.97 Å². The predicted octanol–water partition coefficient (Wildman–Crippen LogP) is 1.38. The SMILES string of the molecule is COc1ccc(Cl)cc1C(=O)O[C@@H](C)C(N)=O. The fourth-order valence-electron chi connectivity index (χ4n) is 1.12. The van der Waals surface area contributed by atoms with Gasteiger partial charge in [0.05, 0.1) is 7.11 Å². The first-order valence-corrected chi connectivity index (χ1v) is 5.17. The molecule has 17 heavy (non-hydrogen) atoms. The summed E-state index contributed by atoms with van der Waals surface area (Å²) in [6, 6.07) is 4.51. The van der Waals surface area contributed by atoms with Crippen LogP contribution in [-0.4, -0.2) is 25.1 Å². The van der Waals surface area contributed by atoms with Gasteiger partial charge < -0.3 is 15.2 Å². The van der Waals surface area contributed by atoms with Crippen LogP contribution in [0.3, 0.4) is 0 Å². The number of esters is 1. The smallest absolute Gasteiger partial charge is 0.342 e. The molecular weight excluding hydrogens is 246 g/mol. The lowest BCUT2D eigenvalue weighted by molar-refractivity contribution is -0.125. The fourth-order valence-corrected chi connectivity index (χ4v) is 1.29. The lowest BCUT2D eigenvalue weighted by Crippen LogP contribution is -2.30. The molecule has 0 spiro atoms. The van der Waals surface area contributed by atoms with E-state index in [9.17, 15) is 9.59 Å². The molecular formula is C11H12ClNO4. The molecule has 2 N–H and O–H groups in total. The Morgan fingerprint density at radius 1 is 1.41 bits per heavy atom. The van der Waals surface area contributed by atoms with E-state index in [0.29, 0.717) is 10.8 Å². The molecule has 1 aromatic rings. The molecule has 0 saturated carbocycles. The van der Waals surface area contributed by atoms with Crippen LogP contribution < -0.4 is 10.5 Å². The van der Waals surface area contributed by atoms with Crippen LogP contribution in [0, 0.1) is 0 Å². The monoisotopic (exact) mass is 257 g/mol. The molecule has 0 aliphatic rings. The van der Waals surface area contributed by atoms with Gasteiger partial charge in [0, 0.05) is 5.02 Å². The number of carbonyl (C=O) groups excluding carboxylic acids is 2. The average Bonchev–Trinajstić information content (AvgIpc) is 2.28. The third-order valence-electron chi connectivity index (χ3n) is 2.07. The number of nitrogens with two attached hydrogens (primary N) is 1. The van der Waals surface area contributed by atoms with Crippen LogP contribution in [-0.2, 0) is 9.53 Å². The molecule has 0 aliphatic carbocycles. The van der Waals surface area contributed by atoms with E-state index >= 15 is 0 Å². The van der Waals surface area contributed by atoms with E-state index in [-0.39, 0.29) is 5.56 Å². The van der Waals surface area contributed by atoms with Crippen molar-refractivity contribution in [2.75, 3.05) is 7.11 Å². The molecule has 0 heterocycles. The van der Waals surface area contributed by atoms with Crippen LogP contribution in [0.4, 0.5) is 0 Å². The van der Waals surface area contributed by atoms with Crippen molar-refractivity contribution in [1.29, 1.82) is 0 Å². The Hall–Kier alpha value is -1.75. The van der Waals surface area contributed by atoms with E-state index in [1.165, 1.54) is 26.2 Å². The van der Waals surface area contributed by atoms with Crippen molar-refractivity contribution in [3.8, 4) is 5.75 Å². The van der Waals surface area contributed by atoms with Crippen molar-refractivity contribution < 1.29 is 19.1 Å². The Labute approximate surface area is 103 Å². The Balaban J connectivity index is 2.95. The lowest BCUT2D eigenvalue weighted by Gasteiger charge is -2.12. The summed E-state index contributed by atoms with van der Waals surface area (Å²) in [5.41, 5.74) is 5.14. The summed E-state index contributed by atoms with van der Waals surface area (Å²) < 4.78 is 9.83. The zero-order valence-corrected chi connectivity index (χ0v) is 10.2.